The normalized spacial score (nSPS) is 22.3. The van der Waals surface area contributed by atoms with Crippen molar-refractivity contribution in [2.45, 2.75) is 31.7 Å². The first-order chi connectivity index (χ1) is 9.89. The Hall–Kier alpha value is -1.11. The van der Waals surface area contributed by atoms with Crippen LogP contribution >= 0.6 is 11.6 Å². The summed E-state index contributed by atoms with van der Waals surface area (Å²) in [5.74, 6) is -1.66. The number of sulfonamides is 1. The lowest BCUT2D eigenvalue weighted by Gasteiger charge is -2.17. The third kappa shape index (κ3) is 4.43. The monoisotopic (exact) mass is 331 g/mol. The van der Waals surface area contributed by atoms with Gasteiger partial charge in [0.05, 0.1) is 11.7 Å². The van der Waals surface area contributed by atoms with Gasteiger partial charge in [0.1, 0.15) is 0 Å². The van der Waals surface area contributed by atoms with Crippen LogP contribution in [-0.2, 0) is 21.2 Å². The van der Waals surface area contributed by atoms with Crippen LogP contribution in [0.25, 0.3) is 0 Å². The number of rotatable bonds is 6. The predicted octanol–water partition coefficient (Wildman–Crippen LogP) is 2.06. The van der Waals surface area contributed by atoms with Gasteiger partial charge in [-0.05, 0) is 30.9 Å². The Morgan fingerprint density at radius 3 is 2.71 bits per heavy atom. The molecule has 2 rings (SSSR count). The van der Waals surface area contributed by atoms with Gasteiger partial charge in [-0.15, -0.1) is 0 Å². The number of carboxylic acids is 1. The third-order valence-electron chi connectivity index (χ3n) is 3.76. The van der Waals surface area contributed by atoms with E-state index in [0.717, 1.165) is 12.0 Å². The summed E-state index contributed by atoms with van der Waals surface area (Å²) >= 11 is 6.00. The van der Waals surface area contributed by atoms with Crippen molar-refractivity contribution in [2.75, 3.05) is 5.75 Å². The summed E-state index contributed by atoms with van der Waals surface area (Å²) in [4.78, 5) is 11.1. The van der Waals surface area contributed by atoms with E-state index in [9.17, 15) is 13.2 Å². The van der Waals surface area contributed by atoms with Crippen molar-refractivity contribution in [1.29, 1.82) is 0 Å². The maximum absolute atomic E-state index is 12.1. The zero-order chi connectivity index (χ0) is 15.5. The smallest absolute Gasteiger partial charge is 0.308 e. The lowest BCUT2D eigenvalue weighted by atomic mass is 10.1. The molecule has 7 heteroatoms. The summed E-state index contributed by atoms with van der Waals surface area (Å²) in [5, 5.41) is 9.61. The van der Waals surface area contributed by atoms with Crippen molar-refractivity contribution in [3.05, 3.63) is 34.9 Å². The summed E-state index contributed by atoms with van der Waals surface area (Å²) in [6.45, 7) is 0. The van der Waals surface area contributed by atoms with E-state index in [1.54, 1.807) is 24.3 Å². The molecule has 1 aliphatic carbocycles. The fourth-order valence-electron chi connectivity index (χ4n) is 2.63. The Morgan fingerprint density at radius 2 is 2.05 bits per heavy atom. The van der Waals surface area contributed by atoms with Crippen molar-refractivity contribution < 1.29 is 18.3 Å². The summed E-state index contributed by atoms with van der Waals surface area (Å²) in [5.41, 5.74) is 0.769. The van der Waals surface area contributed by atoms with Crippen LogP contribution in [0.2, 0.25) is 5.02 Å². The highest BCUT2D eigenvalue weighted by molar-refractivity contribution is 7.89. The van der Waals surface area contributed by atoms with Crippen LogP contribution in [-0.4, -0.2) is 31.3 Å². The zero-order valence-electron chi connectivity index (χ0n) is 11.5. The third-order valence-corrected chi connectivity index (χ3v) is 5.53. The lowest BCUT2D eigenvalue weighted by molar-refractivity contribution is -0.141. The predicted molar refractivity (Wildman–Crippen MR) is 80.8 cm³/mol. The second kappa shape index (κ2) is 6.77. The molecule has 0 aliphatic heterocycles. The molecule has 2 atom stereocenters. The first-order valence-electron chi connectivity index (χ1n) is 6.85. The van der Waals surface area contributed by atoms with E-state index >= 15 is 0 Å². The molecule has 0 radical (unpaired) electrons. The van der Waals surface area contributed by atoms with E-state index in [2.05, 4.69) is 4.72 Å². The molecule has 0 bridgehead atoms. The number of nitrogens with one attached hydrogen (secondary N) is 1. The number of carbonyl (C=O) groups is 1. The van der Waals surface area contributed by atoms with Crippen molar-refractivity contribution >= 4 is 27.6 Å². The van der Waals surface area contributed by atoms with Gasteiger partial charge in [-0.1, -0.05) is 36.2 Å². The first kappa shape index (κ1) is 16.3. The fraction of sp³-hybridized carbons (Fsp3) is 0.500. The Morgan fingerprint density at radius 1 is 1.33 bits per heavy atom. The Bertz CT molecular complexity index is 617. The number of halogens is 1. The van der Waals surface area contributed by atoms with E-state index in [0.29, 0.717) is 24.3 Å². The SMILES string of the molecule is O=C(O)[C@@H]1CCC[C@@H]1NS(=O)(=O)CCc1ccccc1Cl. The van der Waals surface area contributed by atoms with Crippen LogP contribution in [0.15, 0.2) is 24.3 Å². The maximum Gasteiger partial charge on any atom is 0.308 e. The Balaban J connectivity index is 1.96. The van der Waals surface area contributed by atoms with Crippen LogP contribution in [0.4, 0.5) is 0 Å². The van der Waals surface area contributed by atoms with E-state index in [4.69, 9.17) is 16.7 Å². The molecular formula is C14H18ClNO4S. The van der Waals surface area contributed by atoms with Gasteiger partial charge in [0, 0.05) is 11.1 Å². The topological polar surface area (TPSA) is 83.5 Å². The number of aryl methyl sites for hydroxylation is 1. The van der Waals surface area contributed by atoms with Crippen LogP contribution in [0.1, 0.15) is 24.8 Å². The zero-order valence-corrected chi connectivity index (χ0v) is 13.0. The molecule has 2 N–H and O–H groups in total. The molecule has 21 heavy (non-hydrogen) atoms. The number of aliphatic carboxylic acids is 1. The van der Waals surface area contributed by atoms with Gasteiger partial charge in [0.15, 0.2) is 0 Å². The number of hydrogen-bond donors (Lipinski definition) is 2. The van der Waals surface area contributed by atoms with Crippen LogP contribution in [0.5, 0.6) is 0 Å². The van der Waals surface area contributed by atoms with E-state index in [1.165, 1.54) is 0 Å². The minimum Gasteiger partial charge on any atom is -0.481 e. The summed E-state index contributed by atoms with van der Waals surface area (Å²) in [7, 11) is -3.52. The highest BCUT2D eigenvalue weighted by Crippen LogP contribution is 2.26. The Labute approximate surface area is 129 Å². The summed E-state index contributed by atoms with van der Waals surface area (Å²) in [6.07, 6.45) is 2.13. The second-order valence-corrected chi connectivity index (χ2v) is 7.54. The van der Waals surface area contributed by atoms with E-state index in [-0.39, 0.29) is 5.75 Å². The highest BCUT2D eigenvalue weighted by atomic mass is 35.5. The van der Waals surface area contributed by atoms with Gasteiger partial charge < -0.3 is 5.11 Å². The summed E-state index contributed by atoms with van der Waals surface area (Å²) in [6, 6.07) is 6.59. The van der Waals surface area contributed by atoms with Gasteiger partial charge in [-0.25, -0.2) is 13.1 Å². The maximum atomic E-state index is 12.1. The van der Waals surface area contributed by atoms with E-state index in [1.807, 2.05) is 0 Å². The van der Waals surface area contributed by atoms with Gasteiger partial charge >= 0.3 is 5.97 Å². The van der Waals surface area contributed by atoms with Crippen LogP contribution in [0.3, 0.4) is 0 Å². The summed E-state index contributed by atoms with van der Waals surface area (Å²) < 4.78 is 26.7. The average molecular weight is 332 g/mol. The molecule has 1 aliphatic rings. The number of hydrogen-bond acceptors (Lipinski definition) is 3. The van der Waals surface area contributed by atoms with Gasteiger partial charge in [-0.2, -0.15) is 0 Å². The fourth-order valence-corrected chi connectivity index (χ4v) is 4.21. The molecule has 0 amide bonds. The first-order valence-corrected chi connectivity index (χ1v) is 8.88. The van der Waals surface area contributed by atoms with E-state index < -0.39 is 28.0 Å². The molecule has 1 fully saturated rings. The molecule has 0 aromatic heterocycles. The average Bonchev–Trinajstić information content (AvgIpc) is 2.85. The van der Waals surface area contributed by atoms with Gasteiger partial charge in [0.2, 0.25) is 10.0 Å². The minimum absolute atomic E-state index is 0.0976. The lowest BCUT2D eigenvalue weighted by Crippen LogP contribution is -2.41. The molecule has 0 unspecified atom stereocenters. The number of carboxylic acid groups (broad SMARTS) is 1. The molecule has 0 heterocycles. The largest absolute Gasteiger partial charge is 0.481 e. The second-order valence-electron chi connectivity index (χ2n) is 5.26. The standard InChI is InChI=1S/C14H18ClNO4S/c15-12-6-2-1-4-10(12)8-9-21(19,20)16-13-7-3-5-11(13)14(17)18/h1-2,4,6,11,13,16H,3,5,7-9H2,(H,17,18)/t11-,13+/m1/s1. The van der Waals surface area contributed by atoms with Gasteiger partial charge in [-0.3, -0.25) is 4.79 Å². The Kier molecular flexibility index (Phi) is 5.24. The minimum atomic E-state index is -3.52. The molecule has 1 aromatic rings. The molecular weight excluding hydrogens is 314 g/mol. The van der Waals surface area contributed by atoms with Gasteiger partial charge in [0.25, 0.3) is 0 Å². The van der Waals surface area contributed by atoms with Crippen LogP contribution < -0.4 is 4.72 Å². The van der Waals surface area contributed by atoms with Crippen LogP contribution in [0, 0.1) is 5.92 Å². The van der Waals surface area contributed by atoms with Crippen molar-refractivity contribution in [3.63, 3.8) is 0 Å². The van der Waals surface area contributed by atoms with Crippen molar-refractivity contribution in [1.82, 2.24) is 4.72 Å². The molecule has 5 nitrogen and oxygen atoms in total. The highest BCUT2D eigenvalue weighted by Gasteiger charge is 2.35. The number of benzene rings is 1. The quantitative estimate of drug-likeness (QED) is 0.835. The van der Waals surface area contributed by atoms with Crippen molar-refractivity contribution in [2.24, 2.45) is 5.92 Å². The molecule has 0 saturated heterocycles. The molecule has 1 aromatic carbocycles. The molecule has 1 saturated carbocycles. The molecule has 0 spiro atoms. The van der Waals surface area contributed by atoms with Crippen molar-refractivity contribution in [3.8, 4) is 0 Å². The molecule has 116 valence electrons.